The molecule has 0 saturated heterocycles. The molecule has 0 aliphatic carbocycles. The van der Waals surface area contributed by atoms with E-state index in [9.17, 15) is 9.90 Å². The summed E-state index contributed by atoms with van der Waals surface area (Å²) in [5, 5.41) is 11.4. The van der Waals surface area contributed by atoms with Crippen LogP contribution in [-0.2, 0) is 12.8 Å². The molecule has 1 aromatic heterocycles. The largest absolute Gasteiger partial charge is 0.545 e. The monoisotopic (exact) mass is 367 g/mol. The van der Waals surface area contributed by atoms with E-state index in [1.54, 1.807) is 18.3 Å². The summed E-state index contributed by atoms with van der Waals surface area (Å²) >= 11 is 0. The van der Waals surface area contributed by atoms with Crippen molar-refractivity contribution in [2.75, 3.05) is 0 Å². The normalized spacial score (nSPS) is 10.9. The molecule has 0 atom stereocenters. The maximum absolute atomic E-state index is 11.4. The Morgan fingerprint density at radius 3 is 2.30 bits per heavy atom. The van der Waals surface area contributed by atoms with Crippen LogP contribution in [0.25, 0.3) is 11.3 Å². The molecule has 0 fully saturated rings. The summed E-state index contributed by atoms with van der Waals surface area (Å²) in [7, 11) is 0. The summed E-state index contributed by atoms with van der Waals surface area (Å²) in [5.41, 5.74) is 3.82. The lowest BCUT2D eigenvalue weighted by atomic mass is 9.97. The fourth-order valence-corrected chi connectivity index (χ4v) is 3.25. The Hall–Kier alpha value is -2.23. The number of benzene rings is 1. The van der Waals surface area contributed by atoms with Gasteiger partial charge in [-0.15, -0.1) is 0 Å². The maximum atomic E-state index is 11.4. The second kappa shape index (κ2) is 11.5. The van der Waals surface area contributed by atoms with Gasteiger partial charge < -0.3 is 9.90 Å². The van der Waals surface area contributed by atoms with Gasteiger partial charge in [0.25, 0.3) is 0 Å². The van der Waals surface area contributed by atoms with Crippen LogP contribution in [0.15, 0.2) is 30.6 Å². The molecule has 0 N–H and O–H groups in total. The van der Waals surface area contributed by atoms with E-state index in [0.717, 1.165) is 61.0 Å². The Bertz CT molecular complexity index is 711. The van der Waals surface area contributed by atoms with Gasteiger partial charge in [-0.25, -0.2) is 0 Å². The molecular formula is C23H31N2O2-. The smallest absolute Gasteiger partial charge is 0.0885 e. The number of aromatic nitrogens is 2. The maximum Gasteiger partial charge on any atom is 0.0885 e. The van der Waals surface area contributed by atoms with E-state index in [2.05, 4.69) is 23.8 Å². The van der Waals surface area contributed by atoms with E-state index in [-0.39, 0.29) is 0 Å². The van der Waals surface area contributed by atoms with Crippen LogP contribution in [0.5, 0.6) is 0 Å². The van der Waals surface area contributed by atoms with Gasteiger partial charge in [-0.3, -0.25) is 9.97 Å². The molecule has 0 radical (unpaired) electrons. The molecule has 0 amide bonds. The number of hydrogen-bond donors (Lipinski definition) is 0. The van der Waals surface area contributed by atoms with Crippen molar-refractivity contribution in [2.45, 2.75) is 78.1 Å². The quantitative estimate of drug-likeness (QED) is 0.508. The number of carbonyl (C=O) groups is 1. The van der Waals surface area contributed by atoms with E-state index in [0.29, 0.717) is 5.56 Å². The molecule has 4 heteroatoms. The van der Waals surface area contributed by atoms with Crippen molar-refractivity contribution in [1.82, 2.24) is 9.97 Å². The van der Waals surface area contributed by atoms with Crippen molar-refractivity contribution >= 4 is 5.97 Å². The molecule has 2 aromatic rings. The minimum absolute atomic E-state index is 0.292. The molecule has 27 heavy (non-hydrogen) atoms. The van der Waals surface area contributed by atoms with Crippen molar-refractivity contribution in [1.29, 1.82) is 0 Å². The Balaban J connectivity index is 2.08. The molecule has 146 valence electrons. The lowest BCUT2D eigenvalue weighted by Crippen LogP contribution is -2.23. The summed E-state index contributed by atoms with van der Waals surface area (Å²) in [6, 6.07) is 5.38. The number of nitrogens with zero attached hydrogens (tertiary/aromatic N) is 2. The zero-order chi connectivity index (χ0) is 19.5. The highest BCUT2D eigenvalue weighted by atomic mass is 16.4. The number of aryl methyl sites for hydroxylation is 2. The zero-order valence-corrected chi connectivity index (χ0v) is 16.7. The van der Waals surface area contributed by atoms with Gasteiger partial charge in [-0.05, 0) is 37.3 Å². The molecule has 0 spiro atoms. The molecular weight excluding hydrogens is 336 g/mol. The van der Waals surface area contributed by atoms with Gasteiger partial charge >= 0.3 is 0 Å². The number of unbranched alkanes of at least 4 members (excludes halogenated alkanes) is 6. The van der Waals surface area contributed by atoms with E-state index >= 15 is 0 Å². The van der Waals surface area contributed by atoms with E-state index in [1.165, 1.54) is 25.7 Å². The van der Waals surface area contributed by atoms with Crippen molar-refractivity contribution in [3.8, 4) is 11.3 Å². The van der Waals surface area contributed by atoms with Crippen molar-refractivity contribution < 1.29 is 9.90 Å². The SMILES string of the molecule is CCCCCCCCc1cc(-c2cnc(CCCC)cn2)ccc1C(=O)[O-]. The second-order valence-corrected chi connectivity index (χ2v) is 7.17. The Labute approximate surface area is 163 Å². The predicted molar refractivity (Wildman–Crippen MR) is 107 cm³/mol. The number of aromatic carboxylic acids is 1. The average molecular weight is 368 g/mol. The minimum atomic E-state index is -1.11. The highest BCUT2D eigenvalue weighted by Gasteiger charge is 2.08. The summed E-state index contributed by atoms with van der Waals surface area (Å²) < 4.78 is 0. The molecule has 0 unspecified atom stereocenters. The van der Waals surface area contributed by atoms with Gasteiger partial charge in [-0.1, -0.05) is 64.5 Å². The van der Waals surface area contributed by atoms with Crippen LogP contribution in [0.1, 0.15) is 86.8 Å². The van der Waals surface area contributed by atoms with Crippen LogP contribution in [0.3, 0.4) is 0 Å². The van der Waals surface area contributed by atoms with Crippen LogP contribution in [0.4, 0.5) is 0 Å². The van der Waals surface area contributed by atoms with Crippen LogP contribution in [-0.4, -0.2) is 15.9 Å². The number of carbonyl (C=O) groups excluding carboxylic acids is 1. The number of carboxylic acid groups (broad SMARTS) is 1. The van der Waals surface area contributed by atoms with Crippen LogP contribution < -0.4 is 5.11 Å². The van der Waals surface area contributed by atoms with Gasteiger partial charge in [0, 0.05) is 17.3 Å². The Morgan fingerprint density at radius 2 is 1.63 bits per heavy atom. The molecule has 1 aromatic carbocycles. The standard InChI is InChI=1S/C23H32N2O2/c1-3-5-7-8-9-10-11-18-15-19(13-14-21(18)23(26)27)22-17-24-20(16-25-22)12-6-4-2/h13-17H,3-12H2,1-2H3,(H,26,27)/p-1. The van der Waals surface area contributed by atoms with Gasteiger partial charge in [-0.2, -0.15) is 0 Å². The summed E-state index contributed by atoms with van der Waals surface area (Å²) in [4.78, 5) is 20.5. The van der Waals surface area contributed by atoms with Crippen molar-refractivity contribution in [3.05, 3.63) is 47.4 Å². The molecule has 0 aliphatic rings. The third kappa shape index (κ3) is 6.78. The van der Waals surface area contributed by atoms with Crippen LogP contribution in [0.2, 0.25) is 0 Å². The number of hydrogen-bond acceptors (Lipinski definition) is 4. The second-order valence-electron chi connectivity index (χ2n) is 7.17. The van der Waals surface area contributed by atoms with Gasteiger partial charge in [0.2, 0.25) is 0 Å². The van der Waals surface area contributed by atoms with Crippen LogP contribution >= 0.6 is 0 Å². The van der Waals surface area contributed by atoms with Gasteiger partial charge in [0.05, 0.1) is 23.6 Å². The third-order valence-corrected chi connectivity index (χ3v) is 4.91. The average Bonchev–Trinajstić information content (AvgIpc) is 2.69. The fraction of sp³-hybridized carbons (Fsp3) is 0.522. The minimum Gasteiger partial charge on any atom is -0.545 e. The molecule has 1 heterocycles. The predicted octanol–water partition coefficient (Wildman–Crippen LogP) is 4.75. The molecule has 0 aliphatic heterocycles. The topological polar surface area (TPSA) is 65.9 Å². The first-order valence-electron chi connectivity index (χ1n) is 10.3. The summed E-state index contributed by atoms with van der Waals surface area (Å²) in [6.45, 7) is 4.36. The lowest BCUT2D eigenvalue weighted by Gasteiger charge is -2.13. The zero-order valence-electron chi connectivity index (χ0n) is 16.7. The van der Waals surface area contributed by atoms with Crippen molar-refractivity contribution in [3.63, 3.8) is 0 Å². The summed E-state index contributed by atoms with van der Waals surface area (Å²) in [5.74, 6) is -1.11. The molecule has 4 nitrogen and oxygen atoms in total. The van der Waals surface area contributed by atoms with E-state index in [4.69, 9.17) is 0 Å². The van der Waals surface area contributed by atoms with E-state index < -0.39 is 5.97 Å². The summed E-state index contributed by atoms with van der Waals surface area (Å²) in [6.07, 6.45) is 14.6. The first kappa shape index (κ1) is 21.1. The molecule has 0 saturated carbocycles. The fourth-order valence-electron chi connectivity index (χ4n) is 3.25. The Kier molecular flexibility index (Phi) is 8.96. The van der Waals surface area contributed by atoms with E-state index in [1.807, 2.05) is 12.3 Å². The Morgan fingerprint density at radius 1 is 0.889 bits per heavy atom. The van der Waals surface area contributed by atoms with Crippen LogP contribution in [0, 0.1) is 0 Å². The first-order chi connectivity index (χ1) is 13.2. The highest BCUT2D eigenvalue weighted by Crippen LogP contribution is 2.22. The number of carboxylic acids is 1. The van der Waals surface area contributed by atoms with Gasteiger partial charge in [0.15, 0.2) is 0 Å². The first-order valence-corrected chi connectivity index (χ1v) is 10.3. The highest BCUT2D eigenvalue weighted by molar-refractivity contribution is 5.88. The number of rotatable bonds is 12. The molecule has 0 bridgehead atoms. The lowest BCUT2D eigenvalue weighted by molar-refractivity contribution is -0.255. The van der Waals surface area contributed by atoms with Gasteiger partial charge in [0.1, 0.15) is 0 Å². The van der Waals surface area contributed by atoms with Crippen molar-refractivity contribution in [2.24, 2.45) is 0 Å². The third-order valence-electron chi connectivity index (χ3n) is 4.91. The molecule has 2 rings (SSSR count).